The number of nitrogens with zero attached hydrogens (tertiary/aromatic N) is 2. The lowest BCUT2D eigenvalue weighted by Crippen LogP contribution is -2.37. The summed E-state index contributed by atoms with van der Waals surface area (Å²) in [4.78, 5) is 4.92. The second-order valence-electron chi connectivity index (χ2n) is 19.7. The van der Waals surface area contributed by atoms with E-state index in [-0.39, 0.29) is 0 Å². The molecule has 7 rings (SSSR count). The molecule has 0 fully saturated rings. The van der Waals surface area contributed by atoms with E-state index in [1.807, 2.05) is 0 Å². The molecule has 0 radical (unpaired) electrons. The quantitative estimate of drug-likeness (QED) is 0.100. The van der Waals surface area contributed by atoms with Gasteiger partial charge in [-0.05, 0) is 82.9 Å². The van der Waals surface area contributed by atoms with Gasteiger partial charge in [0.2, 0.25) is 0 Å². The summed E-state index contributed by atoms with van der Waals surface area (Å²) in [6.07, 6.45) is 0. The summed E-state index contributed by atoms with van der Waals surface area (Å²) in [6, 6.07) is 56.0. The van der Waals surface area contributed by atoms with Gasteiger partial charge < -0.3 is 9.80 Å². The first-order chi connectivity index (χ1) is 26.3. The van der Waals surface area contributed by atoms with Gasteiger partial charge in [0.05, 0.1) is 38.0 Å². The lowest BCUT2D eigenvalue weighted by Gasteiger charge is -2.30. The minimum absolute atomic E-state index is 1.16. The van der Waals surface area contributed by atoms with E-state index in [0.29, 0.717) is 0 Å². The highest BCUT2D eigenvalue weighted by Gasteiger charge is 2.24. The Morgan fingerprint density at radius 1 is 0.286 bits per heavy atom. The predicted octanol–water partition coefficient (Wildman–Crippen LogP) is 13.1. The average Bonchev–Trinajstić information content (AvgIpc) is 3.15. The van der Waals surface area contributed by atoms with Gasteiger partial charge in [-0.1, -0.05) is 178 Å². The standard InChI is InChI=1S/C50H60N2Si4/c1-53(2,3)43-27-19-38(20-28-43)51(39-21-29-44(30-22-39)54(4,5)6)42-18-17-37-35-50(48-16-14-13-15-47(48)49(37)36-42)52(40-23-31-45(32-24-40)55(7,8)9)41-25-33-46(34-26-41)56(10,11)12/h13-36H,1-12H3. The van der Waals surface area contributed by atoms with Crippen LogP contribution in [-0.4, -0.2) is 32.3 Å². The highest BCUT2D eigenvalue weighted by molar-refractivity contribution is 6.90. The average molecular weight is 801 g/mol. The molecule has 0 unspecified atom stereocenters. The van der Waals surface area contributed by atoms with Crippen molar-refractivity contribution < 1.29 is 0 Å². The van der Waals surface area contributed by atoms with E-state index in [2.05, 4.69) is 234 Å². The van der Waals surface area contributed by atoms with Gasteiger partial charge in [0, 0.05) is 33.8 Å². The second kappa shape index (κ2) is 14.8. The Hall–Kier alpha value is -4.47. The number of rotatable bonds is 10. The van der Waals surface area contributed by atoms with Crippen molar-refractivity contribution in [2.45, 2.75) is 78.6 Å². The summed E-state index contributed by atoms with van der Waals surface area (Å²) < 4.78 is 0. The topological polar surface area (TPSA) is 6.48 Å². The van der Waals surface area contributed by atoms with Crippen molar-refractivity contribution in [3.05, 3.63) is 146 Å². The second-order valence-corrected chi connectivity index (χ2v) is 40.0. The van der Waals surface area contributed by atoms with E-state index in [4.69, 9.17) is 0 Å². The fourth-order valence-corrected chi connectivity index (χ4v) is 12.4. The van der Waals surface area contributed by atoms with Gasteiger partial charge in [0.1, 0.15) is 0 Å². The Morgan fingerprint density at radius 3 is 0.964 bits per heavy atom. The summed E-state index contributed by atoms with van der Waals surface area (Å²) in [5, 5.41) is 10.9. The van der Waals surface area contributed by atoms with E-state index >= 15 is 0 Å². The molecule has 6 heteroatoms. The van der Waals surface area contributed by atoms with Crippen molar-refractivity contribution in [1.82, 2.24) is 0 Å². The van der Waals surface area contributed by atoms with Crippen molar-refractivity contribution in [3.63, 3.8) is 0 Å². The highest BCUT2D eigenvalue weighted by Crippen LogP contribution is 2.44. The summed E-state index contributed by atoms with van der Waals surface area (Å²) in [5.74, 6) is 0. The van der Waals surface area contributed by atoms with E-state index in [0.717, 1.165) is 5.69 Å². The molecular weight excluding hydrogens is 741 g/mol. The van der Waals surface area contributed by atoms with Crippen LogP contribution < -0.4 is 30.5 Å². The molecule has 7 aromatic carbocycles. The molecule has 0 saturated carbocycles. The summed E-state index contributed by atoms with van der Waals surface area (Å²) in [7, 11) is -5.81. The van der Waals surface area contributed by atoms with Gasteiger partial charge in [-0.3, -0.25) is 0 Å². The Bertz CT molecular complexity index is 2360. The molecule has 2 nitrogen and oxygen atoms in total. The molecular formula is C50H60N2Si4. The summed E-state index contributed by atoms with van der Waals surface area (Å²) in [5.41, 5.74) is 7.10. The minimum atomic E-state index is -1.46. The van der Waals surface area contributed by atoms with Crippen LogP contribution in [0.15, 0.2) is 146 Å². The van der Waals surface area contributed by atoms with Crippen molar-refractivity contribution in [3.8, 4) is 0 Å². The van der Waals surface area contributed by atoms with Crippen LogP contribution in [0.1, 0.15) is 0 Å². The van der Waals surface area contributed by atoms with Crippen LogP contribution in [0.5, 0.6) is 0 Å². The normalized spacial score (nSPS) is 12.6. The van der Waals surface area contributed by atoms with Gasteiger partial charge in [-0.15, -0.1) is 0 Å². The Labute approximate surface area is 340 Å². The van der Waals surface area contributed by atoms with Gasteiger partial charge in [0.25, 0.3) is 0 Å². The van der Waals surface area contributed by atoms with E-state index in [1.165, 1.54) is 70.7 Å². The number of fused-ring (bicyclic) bond motifs is 3. The number of hydrogen-bond acceptors (Lipinski definition) is 2. The van der Waals surface area contributed by atoms with E-state index in [1.54, 1.807) is 0 Å². The molecule has 7 aromatic rings. The fraction of sp³-hybridized carbons (Fsp3) is 0.240. The Kier molecular flexibility index (Phi) is 10.5. The molecule has 0 spiro atoms. The van der Waals surface area contributed by atoms with Crippen molar-refractivity contribution in [2.24, 2.45) is 0 Å². The lowest BCUT2D eigenvalue weighted by atomic mass is 9.98. The van der Waals surface area contributed by atoms with Gasteiger partial charge in [-0.25, -0.2) is 0 Å². The molecule has 0 aromatic heterocycles. The van der Waals surface area contributed by atoms with Crippen LogP contribution in [0.4, 0.5) is 34.1 Å². The van der Waals surface area contributed by atoms with Crippen LogP contribution in [0.3, 0.4) is 0 Å². The van der Waals surface area contributed by atoms with Gasteiger partial charge in [0.15, 0.2) is 0 Å². The third-order valence-electron chi connectivity index (χ3n) is 11.3. The SMILES string of the molecule is C[Si](C)(C)c1ccc(N(c2ccc([Si](C)(C)C)cc2)c2ccc3cc(N(c4ccc([Si](C)(C)C)cc4)c4ccc([Si](C)(C)C)cc4)c4ccccc4c3c2)cc1. The molecule has 0 atom stereocenters. The van der Waals surface area contributed by atoms with Crippen LogP contribution in [0.25, 0.3) is 21.5 Å². The zero-order valence-electron chi connectivity index (χ0n) is 35.8. The van der Waals surface area contributed by atoms with Crippen LogP contribution in [0.2, 0.25) is 78.6 Å². The first kappa shape index (κ1) is 39.8. The molecule has 0 aliphatic heterocycles. The zero-order chi connectivity index (χ0) is 40.2. The molecule has 0 N–H and O–H groups in total. The Balaban J connectivity index is 1.42. The third-order valence-corrected chi connectivity index (χ3v) is 19.5. The third kappa shape index (κ3) is 8.16. The van der Waals surface area contributed by atoms with Crippen molar-refractivity contribution in [2.75, 3.05) is 9.80 Å². The number of anilines is 6. The Morgan fingerprint density at radius 2 is 0.607 bits per heavy atom. The maximum absolute atomic E-state index is 2.48. The maximum Gasteiger partial charge on any atom is 0.0775 e. The monoisotopic (exact) mass is 800 g/mol. The zero-order valence-corrected chi connectivity index (χ0v) is 39.8. The van der Waals surface area contributed by atoms with Crippen molar-refractivity contribution >= 4 is 109 Å². The number of hydrogen-bond donors (Lipinski definition) is 0. The highest BCUT2D eigenvalue weighted by atomic mass is 28.3. The molecule has 0 heterocycles. The molecule has 0 bridgehead atoms. The first-order valence-electron chi connectivity index (χ1n) is 20.3. The van der Waals surface area contributed by atoms with Gasteiger partial charge in [-0.2, -0.15) is 0 Å². The molecule has 0 amide bonds. The van der Waals surface area contributed by atoms with Gasteiger partial charge >= 0.3 is 0 Å². The van der Waals surface area contributed by atoms with Crippen LogP contribution in [0, 0.1) is 0 Å². The first-order valence-corrected chi connectivity index (χ1v) is 34.3. The fourth-order valence-electron chi connectivity index (χ4n) is 7.71. The minimum Gasteiger partial charge on any atom is -0.310 e. The molecule has 0 aliphatic rings. The van der Waals surface area contributed by atoms with E-state index in [9.17, 15) is 0 Å². The number of benzene rings is 7. The van der Waals surface area contributed by atoms with Crippen LogP contribution in [-0.2, 0) is 0 Å². The molecule has 0 saturated heterocycles. The molecule has 286 valence electrons. The van der Waals surface area contributed by atoms with Crippen molar-refractivity contribution in [1.29, 1.82) is 0 Å². The lowest BCUT2D eigenvalue weighted by molar-refractivity contribution is 1.29. The molecule has 56 heavy (non-hydrogen) atoms. The predicted molar refractivity (Wildman–Crippen MR) is 263 cm³/mol. The summed E-state index contributed by atoms with van der Waals surface area (Å²) in [6.45, 7) is 29.1. The maximum atomic E-state index is 2.48. The van der Waals surface area contributed by atoms with E-state index < -0.39 is 32.3 Å². The largest absolute Gasteiger partial charge is 0.310 e. The summed E-state index contributed by atoms with van der Waals surface area (Å²) >= 11 is 0. The molecule has 0 aliphatic carbocycles. The van der Waals surface area contributed by atoms with Crippen LogP contribution >= 0.6 is 0 Å². The smallest absolute Gasteiger partial charge is 0.0775 e.